The van der Waals surface area contributed by atoms with Crippen LogP contribution in [0.15, 0.2) is 48.5 Å². The average Bonchev–Trinajstić information content (AvgIpc) is 3.15. The van der Waals surface area contributed by atoms with Crippen LogP contribution in [0.25, 0.3) is 11.1 Å². The lowest BCUT2D eigenvalue weighted by molar-refractivity contribution is -0.167. The van der Waals surface area contributed by atoms with Crippen molar-refractivity contribution in [2.45, 2.75) is 38.1 Å². The number of aliphatic carboxylic acids is 1. The number of ether oxygens (including phenoxy) is 2. The fraction of sp³-hybridized carbons (Fsp3) is 0.444. The number of hydrogen-bond donors (Lipinski definition) is 2. The summed E-state index contributed by atoms with van der Waals surface area (Å²) in [5, 5.41) is 12.2. The highest BCUT2D eigenvalue weighted by Gasteiger charge is 2.51. The summed E-state index contributed by atoms with van der Waals surface area (Å²) in [7, 11) is 1.58. The Morgan fingerprint density at radius 3 is 2.23 bits per heavy atom. The maximum atomic E-state index is 13.1. The molecule has 2 amide bonds. The first-order chi connectivity index (χ1) is 16.9. The van der Waals surface area contributed by atoms with Gasteiger partial charge in [-0.25, -0.2) is 4.79 Å². The highest BCUT2D eigenvalue weighted by Crippen LogP contribution is 2.44. The number of likely N-dealkylation sites (tertiary alicyclic amines) is 1. The quantitative estimate of drug-likeness (QED) is 0.503. The molecule has 2 aliphatic rings. The van der Waals surface area contributed by atoms with Gasteiger partial charge in [-0.15, -0.1) is 0 Å². The molecule has 0 aromatic heterocycles. The number of rotatable bonds is 10. The molecule has 1 fully saturated rings. The number of carboxylic acids is 1. The fourth-order valence-electron chi connectivity index (χ4n) is 5.04. The SMILES string of the molecule is CCC1(C(=O)O)CN(C(=O)C(CCCOC)NC(=O)OCC2c3ccccc3-c3ccccc32)C1. The number of nitrogens with one attached hydrogen (secondary N) is 1. The van der Waals surface area contributed by atoms with Gasteiger partial charge in [0.2, 0.25) is 5.91 Å². The topological polar surface area (TPSA) is 105 Å². The lowest BCUT2D eigenvalue weighted by atomic mass is 9.77. The van der Waals surface area contributed by atoms with Crippen LogP contribution in [0.4, 0.5) is 4.79 Å². The van der Waals surface area contributed by atoms with Crippen LogP contribution in [-0.2, 0) is 19.1 Å². The van der Waals surface area contributed by atoms with E-state index in [1.165, 1.54) is 4.90 Å². The molecule has 35 heavy (non-hydrogen) atoms. The Bertz CT molecular complexity index is 1050. The van der Waals surface area contributed by atoms with E-state index in [2.05, 4.69) is 17.4 Å². The van der Waals surface area contributed by atoms with Crippen LogP contribution < -0.4 is 5.32 Å². The van der Waals surface area contributed by atoms with Crippen molar-refractivity contribution in [2.75, 3.05) is 33.4 Å². The Kier molecular flexibility index (Phi) is 7.40. The molecule has 8 nitrogen and oxygen atoms in total. The lowest BCUT2D eigenvalue weighted by Crippen LogP contribution is -2.65. The smallest absolute Gasteiger partial charge is 0.407 e. The van der Waals surface area contributed by atoms with Crippen LogP contribution in [0.1, 0.15) is 43.2 Å². The molecule has 1 saturated heterocycles. The van der Waals surface area contributed by atoms with E-state index in [-0.39, 0.29) is 31.5 Å². The normalized spacial score (nSPS) is 16.6. The number of hydrogen-bond acceptors (Lipinski definition) is 5. The number of fused-ring (bicyclic) bond motifs is 3. The summed E-state index contributed by atoms with van der Waals surface area (Å²) in [6.07, 6.45) is 0.727. The van der Waals surface area contributed by atoms with Crippen LogP contribution >= 0.6 is 0 Å². The number of methoxy groups -OCH3 is 1. The highest BCUT2D eigenvalue weighted by atomic mass is 16.5. The van der Waals surface area contributed by atoms with Gasteiger partial charge in [0, 0.05) is 32.7 Å². The zero-order chi connectivity index (χ0) is 25.0. The third-order valence-electron chi connectivity index (χ3n) is 7.20. The standard InChI is InChI=1S/C27H32N2O6/c1-3-27(25(31)32)16-29(17-27)24(30)23(13-8-14-34-2)28-26(33)35-15-22-20-11-6-4-9-18(20)19-10-5-7-12-21(19)22/h4-7,9-12,22-23H,3,8,13-17H2,1-2H3,(H,28,33)(H,31,32). The first kappa shape index (κ1) is 24.7. The van der Waals surface area contributed by atoms with Gasteiger partial charge in [-0.3, -0.25) is 9.59 Å². The molecule has 2 aromatic carbocycles. The van der Waals surface area contributed by atoms with E-state index >= 15 is 0 Å². The van der Waals surface area contributed by atoms with Gasteiger partial charge >= 0.3 is 12.1 Å². The third-order valence-corrected chi connectivity index (χ3v) is 7.20. The molecule has 1 atom stereocenters. The molecular formula is C27H32N2O6. The van der Waals surface area contributed by atoms with Gasteiger partial charge in [0.15, 0.2) is 0 Å². The number of amides is 2. The van der Waals surface area contributed by atoms with Gasteiger partial charge in [-0.1, -0.05) is 55.5 Å². The number of carbonyl (C=O) groups is 3. The summed E-state index contributed by atoms with van der Waals surface area (Å²) in [6, 6.07) is 15.4. The van der Waals surface area contributed by atoms with E-state index in [1.54, 1.807) is 14.0 Å². The first-order valence-corrected chi connectivity index (χ1v) is 12.0. The molecule has 2 N–H and O–H groups in total. The summed E-state index contributed by atoms with van der Waals surface area (Å²) in [4.78, 5) is 39.0. The van der Waals surface area contributed by atoms with E-state index in [0.29, 0.717) is 25.9 Å². The molecule has 8 heteroatoms. The van der Waals surface area contributed by atoms with Crippen molar-refractivity contribution in [3.8, 4) is 11.1 Å². The molecule has 4 rings (SSSR count). The summed E-state index contributed by atoms with van der Waals surface area (Å²) in [5.74, 6) is -1.27. The Hall–Kier alpha value is -3.39. The van der Waals surface area contributed by atoms with Gasteiger partial charge in [-0.2, -0.15) is 0 Å². The van der Waals surface area contributed by atoms with Crippen molar-refractivity contribution in [1.29, 1.82) is 0 Å². The minimum atomic E-state index is -0.906. The monoisotopic (exact) mass is 480 g/mol. The predicted molar refractivity (Wildman–Crippen MR) is 130 cm³/mol. The second-order valence-electron chi connectivity index (χ2n) is 9.29. The van der Waals surface area contributed by atoms with Gasteiger partial charge in [0.1, 0.15) is 18.1 Å². The Balaban J connectivity index is 1.40. The van der Waals surface area contributed by atoms with E-state index in [1.807, 2.05) is 36.4 Å². The largest absolute Gasteiger partial charge is 0.481 e. The van der Waals surface area contributed by atoms with Gasteiger partial charge in [0.25, 0.3) is 0 Å². The number of alkyl carbamates (subject to hydrolysis) is 1. The zero-order valence-corrected chi connectivity index (χ0v) is 20.2. The minimum Gasteiger partial charge on any atom is -0.481 e. The molecule has 0 radical (unpaired) electrons. The van der Waals surface area contributed by atoms with Crippen LogP contribution in [0, 0.1) is 5.41 Å². The van der Waals surface area contributed by atoms with Crippen LogP contribution in [0.2, 0.25) is 0 Å². The summed E-state index contributed by atoms with van der Waals surface area (Å²) >= 11 is 0. The first-order valence-electron chi connectivity index (χ1n) is 12.0. The molecule has 0 saturated carbocycles. The van der Waals surface area contributed by atoms with E-state index < -0.39 is 23.5 Å². The van der Waals surface area contributed by atoms with Crippen molar-refractivity contribution < 1.29 is 29.0 Å². The molecule has 2 aromatic rings. The van der Waals surface area contributed by atoms with Gasteiger partial charge < -0.3 is 24.8 Å². The number of carbonyl (C=O) groups excluding carboxylic acids is 2. The fourth-order valence-corrected chi connectivity index (χ4v) is 5.04. The van der Waals surface area contributed by atoms with Gasteiger partial charge in [0.05, 0.1) is 0 Å². The van der Waals surface area contributed by atoms with Crippen molar-refractivity contribution in [3.63, 3.8) is 0 Å². The third kappa shape index (κ3) is 4.89. The van der Waals surface area contributed by atoms with E-state index in [4.69, 9.17) is 9.47 Å². The molecule has 1 heterocycles. The molecular weight excluding hydrogens is 448 g/mol. The number of nitrogens with zero attached hydrogens (tertiary/aromatic N) is 1. The summed E-state index contributed by atoms with van der Waals surface area (Å²) in [6.45, 7) is 2.70. The van der Waals surface area contributed by atoms with Crippen molar-refractivity contribution in [2.24, 2.45) is 5.41 Å². The van der Waals surface area contributed by atoms with Crippen LogP contribution in [0.5, 0.6) is 0 Å². The zero-order valence-electron chi connectivity index (χ0n) is 20.2. The van der Waals surface area contributed by atoms with Crippen molar-refractivity contribution in [3.05, 3.63) is 59.7 Å². The van der Waals surface area contributed by atoms with Crippen LogP contribution in [-0.4, -0.2) is 67.4 Å². The average molecular weight is 481 g/mol. The summed E-state index contributed by atoms with van der Waals surface area (Å²) in [5.41, 5.74) is 3.59. The van der Waals surface area contributed by atoms with E-state index in [9.17, 15) is 19.5 Å². The molecule has 1 aliphatic carbocycles. The van der Waals surface area contributed by atoms with Crippen molar-refractivity contribution >= 4 is 18.0 Å². The lowest BCUT2D eigenvalue weighted by Gasteiger charge is -2.47. The molecule has 1 aliphatic heterocycles. The molecule has 186 valence electrons. The van der Waals surface area contributed by atoms with E-state index in [0.717, 1.165) is 22.3 Å². The van der Waals surface area contributed by atoms with Crippen molar-refractivity contribution in [1.82, 2.24) is 10.2 Å². The molecule has 0 bridgehead atoms. The molecule has 0 spiro atoms. The minimum absolute atomic E-state index is 0.0769. The maximum Gasteiger partial charge on any atom is 0.407 e. The second kappa shape index (κ2) is 10.5. The predicted octanol–water partition coefficient (Wildman–Crippen LogP) is 3.64. The maximum absolute atomic E-state index is 13.1. The Morgan fingerprint density at radius 1 is 1.09 bits per heavy atom. The van der Waals surface area contributed by atoms with Gasteiger partial charge in [-0.05, 0) is 41.5 Å². The highest BCUT2D eigenvalue weighted by molar-refractivity contribution is 5.89. The number of carboxylic acid groups (broad SMARTS) is 1. The Morgan fingerprint density at radius 2 is 1.69 bits per heavy atom. The summed E-state index contributed by atoms with van der Waals surface area (Å²) < 4.78 is 10.7. The second-order valence-corrected chi connectivity index (χ2v) is 9.29. The number of benzene rings is 2. The molecule has 1 unspecified atom stereocenters. The Labute approximate surface area is 205 Å². The van der Waals surface area contributed by atoms with Crippen LogP contribution in [0.3, 0.4) is 0 Å².